The third kappa shape index (κ3) is 2.38. The summed E-state index contributed by atoms with van der Waals surface area (Å²) in [6.45, 7) is 0. The maximum absolute atomic E-state index is 9.32. The van der Waals surface area contributed by atoms with E-state index >= 15 is 0 Å². The summed E-state index contributed by atoms with van der Waals surface area (Å²) in [6.07, 6.45) is -0.685. The average molecular weight is 211 g/mol. The van der Waals surface area contributed by atoms with Crippen molar-refractivity contribution < 1.29 is 5.11 Å². The van der Waals surface area contributed by atoms with Gasteiger partial charge in [0.15, 0.2) is 0 Å². The van der Waals surface area contributed by atoms with E-state index < -0.39 is 6.10 Å². The number of aliphatic hydroxyl groups excluding tert-OH is 1. The minimum absolute atomic E-state index is 0.685. The lowest BCUT2D eigenvalue weighted by Gasteiger charge is -2.00. The first-order valence-corrected chi connectivity index (χ1v) is 3.98. The molecule has 0 unspecified atom stereocenters. The van der Waals surface area contributed by atoms with Crippen molar-refractivity contribution in [3.05, 3.63) is 35.9 Å². The fraction of sp³-hybridized carbons (Fsp3) is 0.111. The van der Waals surface area contributed by atoms with Crippen LogP contribution in [0.15, 0.2) is 30.3 Å². The molecular formula is C9H7BrO. The molecule has 1 rings (SSSR count). The SMILES string of the molecule is O[C@@H](C#CBr)c1ccccc1. The Bertz CT molecular complexity index is 271. The molecule has 1 aromatic carbocycles. The lowest BCUT2D eigenvalue weighted by atomic mass is 10.1. The quantitative estimate of drug-likeness (QED) is 0.705. The molecule has 2 heteroatoms. The van der Waals surface area contributed by atoms with Gasteiger partial charge >= 0.3 is 0 Å². The van der Waals surface area contributed by atoms with E-state index in [1.165, 1.54) is 0 Å². The third-order valence-corrected chi connectivity index (χ3v) is 1.54. The molecule has 0 radical (unpaired) electrons. The maximum Gasteiger partial charge on any atom is 0.141 e. The Kier molecular flexibility index (Phi) is 3.15. The predicted molar refractivity (Wildman–Crippen MR) is 48.1 cm³/mol. The second kappa shape index (κ2) is 4.17. The van der Waals surface area contributed by atoms with Crippen molar-refractivity contribution in [3.8, 4) is 10.8 Å². The Morgan fingerprint density at radius 3 is 2.45 bits per heavy atom. The minimum Gasteiger partial charge on any atom is -0.376 e. The van der Waals surface area contributed by atoms with E-state index in [4.69, 9.17) is 0 Å². The number of hydrogen-bond acceptors (Lipinski definition) is 1. The molecule has 0 aromatic heterocycles. The monoisotopic (exact) mass is 210 g/mol. The summed E-state index contributed by atoms with van der Waals surface area (Å²) in [5, 5.41) is 9.32. The van der Waals surface area contributed by atoms with Crippen molar-refractivity contribution in [2.75, 3.05) is 0 Å². The Morgan fingerprint density at radius 2 is 1.91 bits per heavy atom. The Labute approximate surface area is 74.2 Å². The highest BCUT2D eigenvalue weighted by molar-refractivity contribution is 9.12. The van der Waals surface area contributed by atoms with Crippen LogP contribution in [0.3, 0.4) is 0 Å². The lowest BCUT2D eigenvalue weighted by molar-refractivity contribution is 0.238. The van der Waals surface area contributed by atoms with Gasteiger partial charge in [-0.05, 0) is 10.4 Å². The van der Waals surface area contributed by atoms with Gasteiger partial charge in [0.05, 0.1) is 0 Å². The van der Waals surface area contributed by atoms with Crippen LogP contribution in [0, 0.1) is 10.8 Å². The zero-order valence-electron chi connectivity index (χ0n) is 5.79. The largest absolute Gasteiger partial charge is 0.376 e. The summed E-state index contributed by atoms with van der Waals surface area (Å²) < 4.78 is 0. The first kappa shape index (κ1) is 8.32. The summed E-state index contributed by atoms with van der Waals surface area (Å²) in [5.74, 6) is 2.58. The molecule has 1 N–H and O–H groups in total. The van der Waals surface area contributed by atoms with Gasteiger partial charge in [-0.3, -0.25) is 0 Å². The number of benzene rings is 1. The van der Waals surface area contributed by atoms with Crippen LogP contribution in [0.2, 0.25) is 0 Å². The molecule has 0 saturated carbocycles. The molecule has 0 heterocycles. The topological polar surface area (TPSA) is 20.2 Å². The highest BCUT2D eigenvalue weighted by Crippen LogP contribution is 2.10. The molecule has 0 aliphatic carbocycles. The van der Waals surface area contributed by atoms with E-state index in [2.05, 4.69) is 26.7 Å². The van der Waals surface area contributed by atoms with Crippen LogP contribution in [0.4, 0.5) is 0 Å². The second-order valence-corrected chi connectivity index (χ2v) is 2.45. The third-order valence-electron chi connectivity index (χ3n) is 1.31. The molecule has 0 fully saturated rings. The van der Waals surface area contributed by atoms with Crippen LogP contribution in [0.25, 0.3) is 0 Å². The summed E-state index contributed by atoms with van der Waals surface area (Å²) in [7, 11) is 0. The van der Waals surface area contributed by atoms with Gasteiger partial charge < -0.3 is 5.11 Å². The van der Waals surface area contributed by atoms with Crippen LogP contribution in [-0.2, 0) is 0 Å². The van der Waals surface area contributed by atoms with Crippen molar-refractivity contribution in [2.45, 2.75) is 6.10 Å². The molecule has 0 aliphatic rings. The van der Waals surface area contributed by atoms with E-state index in [0.717, 1.165) is 5.56 Å². The predicted octanol–water partition coefficient (Wildman–Crippen LogP) is 2.08. The standard InChI is InChI=1S/C9H7BrO/c10-7-6-9(11)8-4-2-1-3-5-8/h1-5,9,11H/t9-/m0/s1. The van der Waals surface area contributed by atoms with Gasteiger partial charge in [0.25, 0.3) is 0 Å². The van der Waals surface area contributed by atoms with E-state index in [1.807, 2.05) is 30.3 Å². The molecule has 1 nitrogen and oxygen atoms in total. The molecule has 0 bridgehead atoms. The van der Waals surface area contributed by atoms with Gasteiger partial charge in [-0.25, -0.2) is 0 Å². The summed E-state index contributed by atoms with van der Waals surface area (Å²) >= 11 is 2.93. The Balaban J connectivity index is 2.82. The van der Waals surface area contributed by atoms with Gasteiger partial charge in [0.2, 0.25) is 0 Å². The smallest absolute Gasteiger partial charge is 0.141 e. The van der Waals surface area contributed by atoms with Crippen molar-refractivity contribution in [1.29, 1.82) is 0 Å². The highest BCUT2D eigenvalue weighted by Gasteiger charge is 1.99. The van der Waals surface area contributed by atoms with Gasteiger partial charge in [0, 0.05) is 15.9 Å². The lowest BCUT2D eigenvalue weighted by Crippen LogP contribution is -1.91. The van der Waals surface area contributed by atoms with Gasteiger partial charge in [-0.2, -0.15) is 0 Å². The zero-order valence-corrected chi connectivity index (χ0v) is 7.38. The molecule has 0 saturated heterocycles. The Morgan fingerprint density at radius 1 is 1.27 bits per heavy atom. The first-order valence-electron chi connectivity index (χ1n) is 3.19. The molecule has 11 heavy (non-hydrogen) atoms. The molecule has 1 atom stereocenters. The zero-order chi connectivity index (χ0) is 8.10. The number of aliphatic hydroxyl groups is 1. The van der Waals surface area contributed by atoms with Crippen LogP contribution < -0.4 is 0 Å². The van der Waals surface area contributed by atoms with E-state index in [0.29, 0.717) is 0 Å². The molecule has 0 spiro atoms. The van der Waals surface area contributed by atoms with E-state index in [-0.39, 0.29) is 0 Å². The summed E-state index contributed by atoms with van der Waals surface area (Å²) in [6, 6.07) is 9.31. The number of rotatable bonds is 1. The van der Waals surface area contributed by atoms with Crippen LogP contribution in [-0.4, -0.2) is 5.11 Å². The fourth-order valence-electron chi connectivity index (χ4n) is 0.770. The fourth-order valence-corrected chi connectivity index (χ4v) is 0.987. The first-order chi connectivity index (χ1) is 5.34. The Hall–Kier alpha value is -0.780. The average Bonchev–Trinajstić information content (AvgIpc) is 2.07. The van der Waals surface area contributed by atoms with Crippen molar-refractivity contribution in [3.63, 3.8) is 0 Å². The van der Waals surface area contributed by atoms with Crippen molar-refractivity contribution >= 4 is 15.9 Å². The molecule has 56 valence electrons. The van der Waals surface area contributed by atoms with Gasteiger partial charge in [-0.15, -0.1) is 0 Å². The van der Waals surface area contributed by atoms with E-state index in [1.54, 1.807) is 0 Å². The number of halogens is 1. The molecular weight excluding hydrogens is 204 g/mol. The highest BCUT2D eigenvalue weighted by atomic mass is 79.9. The molecule has 1 aromatic rings. The van der Waals surface area contributed by atoms with Crippen LogP contribution >= 0.6 is 15.9 Å². The summed E-state index contributed by atoms with van der Waals surface area (Å²) in [4.78, 5) is 2.48. The van der Waals surface area contributed by atoms with Gasteiger partial charge in [0.1, 0.15) is 6.10 Å². The minimum atomic E-state index is -0.685. The normalized spacial score (nSPS) is 11.5. The van der Waals surface area contributed by atoms with Crippen molar-refractivity contribution in [1.82, 2.24) is 0 Å². The van der Waals surface area contributed by atoms with Crippen LogP contribution in [0.5, 0.6) is 0 Å². The maximum atomic E-state index is 9.32. The van der Waals surface area contributed by atoms with E-state index in [9.17, 15) is 5.11 Å². The molecule has 0 aliphatic heterocycles. The summed E-state index contributed by atoms with van der Waals surface area (Å²) in [5.41, 5.74) is 0.819. The van der Waals surface area contributed by atoms with Crippen LogP contribution in [0.1, 0.15) is 11.7 Å². The second-order valence-electron chi connectivity index (χ2n) is 2.05. The van der Waals surface area contributed by atoms with Gasteiger partial charge in [-0.1, -0.05) is 36.3 Å². The van der Waals surface area contributed by atoms with Crippen molar-refractivity contribution in [2.24, 2.45) is 0 Å². The molecule has 0 amide bonds. The number of hydrogen-bond donors (Lipinski definition) is 1.